The van der Waals surface area contributed by atoms with Crippen LogP contribution in [0.15, 0.2) is 54.9 Å². The summed E-state index contributed by atoms with van der Waals surface area (Å²) in [6.07, 6.45) is 5.60. The third kappa shape index (κ3) is 5.24. The number of rotatable bonds is 6. The number of aryl methyl sites for hydroxylation is 1. The molecular formula is C24H26N8O3. The van der Waals surface area contributed by atoms with Crippen molar-refractivity contribution in [3.63, 3.8) is 0 Å². The second-order valence-electron chi connectivity index (χ2n) is 8.41. The van der Waals surface area contributed by atoms with Crippen molar-refractivity contribution in [2.45, 2.75) is 45.4 Å². The highest BCUT2D eigenvalue weighted by atomic mass is 16.5. The number of anilines is 1. The highest BCUT2D eigenvalue weighted by Crippen LogP contribution is 2.21. The van der Waals surface area contributed by atoms with E-state index < -0.39 is 18.0 Å². The molecule has 0 bridgehead atoms. The van der Waals surface area contributed by atoms with E-state index in [9.17, 15) is 9.59 Å². The van der Waals surface area contributed by atoms with E-state index in [2.05, 4.69) is 36.0 Å². The zero-order valence-corrected chi connectivity index (χ0v) is 19.3. The number of urea groups is 1. The third-order valence-corrected chi connectivity index (χ3v) is 5.83. The van der Waals surface area contributed by atoms with E-state index in [0.717, 1.165) is 48.2 Å². The summed E-state index contributed by atoms with van der Waals surface area (Å²) in [5.41, 5.74) is 5.17. The van der Waals surface area contributed by atoms with Crippen LogP contribution in [0, 0.1) is 0 Å². The van der Waals surface area contributed by atoms with E-state index in [1.165, 1.54) is 6.20 Å². The first kappa shape index (κ1) is 22.4. The van der Waals surface area contributed by atoms with Gasteiger partial charge in [-0.15, -0.1) is 10.2 Å². The maximum Gasteiger partial charge on any atom is 0.338 e. The molecule has 0 spiro atoms. The van der Waals surface area contributed by atoms with Crippen molar-refractivity contribution in [2.75, 3.05) is 5.32 Å². The number of aromatic nitrogens is 5. The van der Waals surface area contributed by atoms with Crippen LogP contribution in [0.2, 0.25) is 0 Å². The van der Waals surface area contributed by atoms with Gasteiger partial charge >= 0.3 is 6.03 Å². The van der Waals surface area contributed by atoms with Crippen LogP contribution in [0.25, 0.3) is 10.8 Å². The van der Waals surface area contributed by atoms with Gasteiger partial charge in [0.15, 0.2) is 11.9 Å². The summed E-state index contributed by atoms with van der Waals surface area (Å²) in [6.45, 7) is 2.98. The Hall–Kier alpha value is -4.41. The minimum Gasteiger partial charge on any atom is -0.481 e. The molecule has 4 aromatic rings. The van der Waals surface area contributed by atoms with E-state index in [1.54, 1.807) is 23.9 Å². The van der Waals surface area contributed by atoms with Crippen LogP contribution in [0.4, 0.5) is 10.5 Å². The average Bonchev–Trinajstić information content (AvgIpc) is 3.49. The highest BCUT2D eigenvalue weighted by Gasteiger charge is 2.17. The molecule has 1 unspecified atom stereocenters. The van der Waals surface area contributed by atoms with Gasteiger partial charge in [0.25, 0.3) is 5.91 Å². The molecule has 0 aliphatic carbocycles. The summed E-state index contributed by atoms with van der Waals surface area (Å²) in [5.74, 6) is 1.93. The van der Waals surface area contributed by atoms with E-state index in [0.29, 0.717) is 18.0 Å². The van der Waals surface area contributed by atoms with Crippen LogP contribution >= 0.6 is 0 Å². The molecule has 1 atom stereocenters. The Kier molecular flexibility index (Phi) is 6.29. The molecule has 1 aliphatic heterocycles. The minimum atomic E-state index is -0.812. The Labute approximate surface area is 201 Å². The molecule has 0 fully saturated rings. The van der Waals surface area contributed by atoms with Gasteiger partial charge in [0.2, 0.25) is 0 Å². The first-order valence-electron chi connectivity index (χ1n) is 11.5. The summed E-state index contributed by atoms with van der Waals surface area (Å²) in [5, 5.41) is 17.5. The fourth-order valence-corrected chi connectivity index (χ4v) is 4.03. The zero-order valence-electron chi connectivity index (χ0n) is 19.3. The van der Waals surface area contributed by atoms with Crippen LogP contribution in [0.3, 0.4) is 0 Å². The quantitative estimate of drug-likeness (QED) is 0.369. The van der Waals surface area contributed by atoms with E-state index in [4.69, 9.17) is 4.74 Å². The van der Waals surface area contributed by atoms with E-state index in [-0.39, 0.29) is 0 Å². The molecule has 0 radical (unpaired) electrons. The van der Waals surface area contributed by atoms with Gasteiger partial charge in [-0.3, -0.25) is 14.9 Å². The maximum absolute atomic E-state index is 12.4. The molecule has 2 aromatic heterocycles. The van der Waals surface area contributed by atoms with Crippen LogP contribution < -0.4 is 20.9 Å². The molecule has 0 saturated carbocycles. The normalized spacial score (nSPS) is 13.6. The first-order chi connectivity index (χ1) is 17.0. The lowest BCUT2D eigenvalue weighted by Crippen LogP contribution is -2.48. The molecule has 11 heteroatoms. The van der Waals surface area contributed by atoms with Gasteiger partial charge in [-0.25, -0.2) is 10.2 Å². The minimum absolute atomic E-state index is 0.455. The number of hydrazine groups is 1. The lowest BCUT2D eigenvalue weighted by atomic mass is 10.1. The standard InChI is InChI=1S/C24H26N8O3/c1-16(35-20-10-9-17-6-2-3-7-18(17)12-20)23(33)29-30-24(34)26-19-13-25-31(14-19)15-22-28-27-21-8-4-5-11-32(21)22/h2-3,6-7,9-10,12-14,16H,4-5,8,11,15H2,1H3,(H,29,33)(H2,26,30,34). The SMILES string of the molecule is CC(Oc1ccc2ccccc2c1)C(=O)NNC(=O)Nc1cnn(Cc2nnc3n2CCCC3)c1. The number of hydrogen-bond donors (Lipinski definition) is 3. The molecule has 1 aliphatic rings. The largest absolute Gasteiger partial charge is 0.481 e. The predicted molar refractivity (Wildman–Crippen MR) is 129 cm³/mol. The molecule has 35 heavy (non-hydrogen) atoms. The van der Waals surface area contributed by atoms with Gasteiger partial charge < -0.3 is 14.6 Å². The Morgan fingerprint density at radius 2 is 1.94 bits per heavy atom. The number of nitrogens with zero attached hydrogens (tertiary/aromatic N) is 5. The van der Waals surface area contributed by atoms with Crippen molar-refractivity contribution in [2.24, 2.45) is 0 Å². The maximum atomic E-state index is 12.4. The third-order valence-electron chi connectivity index (χ3n) is 5.83. The molecule has 11 nitrogen and oxygen atoms in total. The van der Waals surface area contributed by atoms with Gasteiger partial charge in [0.05, 0.1) is 11.9 Å². The van der Waals surface area contributed by atoms with Crippen molar-refractivity contribution in [1.29, 1.82) is 0 Å². The Bertz CT molecular complexity index is 1360. The number of fused-ring (bicyclic) bond motifs is 2. The number of amides is 3. The average molecular weight is 475 g/mol. The van der Waals surface area contributed by atoms with Crippen LogP contribution in [-0.2, 0) is 24.3 Å². The van der Waals surface area contributed by atoms with Crippen molar-refractivity contribution >= 4 is 28.4 Å². The van der Waals surface area contributed by atoms with Crippen LogP contribution in [-0.4, -0.2) is 42.6 Å². The molecule has 180 valence electrons. The monoisotopic (exact) mass is 474 g/mol. The summed E-state index contributed by atoms with van der Waals surface area (Å²) in [6, 6.07) is 12.9. The van der Waals surface area contributed by atoms with Gasteiger partial charge in [-0.05, 0) is 42.7 Å². The molecule has 0 saturated heterocycles. The fourth-order valence-electron chi connectivity index (χ4n) is 4.03. The number of carbonyl (C=O) groups excluding carboxylic acids is 2. The zero-order chi connectivity index (χ0) is 24.2. The van der Waals surface area contributed by atoms with Crippen molar-refractivity contribution in [1.82, 2.24) is 35.4 Å². The molecule has 3 amide bonds. The van der Waals surface area contributed by atoms with Gasteiger partial charge in [0.1, 0.15) is 18.1 Å². The highest BCUT2D eigenvalue weighted by molar-refractivity contribution is 5.91. The molecule has 5 rings (SSSR count). The Morgan fingerprint density at radius 1 is 1.09 bits per heavy atom. The summed E-state index contributed by atoms with van der Waals surface area (Å²) >= 11 is 0. The van der Waals surface area contributed by atoms with Gasteiger partial charge in [0, 0.05) is 19.2 Å². The van der Waals surface area contributed by atoms with Gasteiger partial charge in [-0.1, -0.05) is 30.3 Å². The summed E-state index contributed by atoms with van der Waals surface area (Å²) in [4.78, 5) is 24.6. The van der Waals surface area contributed by atoms with E-state index >= 15 is 0 Å². The second-order valence-corrected chi connectivity index (χ2v) is 8.41. The van der Waals surface area contributed by atoms with Crippen LogP contribution in [0.1, 0.15) is 31.4 Å². The van der Waals surface area contributed by atoms with Crippen LogP contribution in [0.5, 0.6) is 5.75 Å². The number of carbonyl (C=O) groups is 2. The predicted octanol–water partition coefficient (Wildman–Crippen LogP) is 2.63. The number of hydrogen-bond acceptors (Lipinski definition) is 6. The number of benzene rings is 2. The number of nitrogens with one attached hydrogen (secondary N) is 3. The lowest BCUT2D eigenvalue weighted by Gasteiger charge is -2.15. The second kappa shape index (κ2) is 9.84. The molecule has 2 aromatic carbocycles. The van der Waals surface area contributed by atoms with Crippen molar-refractivity contribution in [3.8, 4) is 5.75 Å². The molecule has 3 N–H and O–H groups in total. The number of ether oxygens (including phenoxy) is 1. The summed E-state index contributed by atoms with van der Waals surface area (Å²) in [7, 11) is 0. The van der Waals surface area contributed by atoms with Gasteiger partial charge in [-0.2, -0.15) is 5.10 Å². The van der Waals surface area contributed by atoms with Crippen molar-refractivity contribution in [3.05, 3.63) is 66.5 Å². The Morgan fingerprint density at radius 3 is 2.83 bits per heavy atom. The molecule has 3 heterocycles. The van der Waals surface area contributed by atoms with Crippen molar-refractivity contribution < 1.29 is 14.3 Å². The topological polar surface area (TPSA) is 128 Å². The fraction of sp³-hybridized carbons (Fsp3) is 0.292. The molecular weight excluding hydrogens is 448 g/mol. The van der Waals surface area contributed by atoms with E-state index in [1.807, 2.05) is 36.4 Å². The summed E-state index contributed by atoms with van der Waals surface area (Å²) < 4.78 is 9.52. The first-order valence-corrected chi connectivity index (χ1v) is 11.5. The smallest absolute Gasteiger partial charge is 0.338 e. The lowest BCUT2D eigenvalue weighted by molar-refractivity contribution is -0.127. The Balaban J connectivity index is 1.10.